The van der Waals surface area contributed by atoms with Crippen LogP contribution in [0.25, 0.3) is 0 Å². The molecule has 0 heterocycles. The first-order valence-electron chi connectivity index (χ1n) is 5.55. The maximum atomic E-state index is 11.0. The number of nitrogens with zero attached hydrogens (tertiary/aromatic N) is 1. The molecule has 8 nitrogen and oxygen atoms in total. The van der Waals surface area contributed by atoms with Gasteiger partial charge in [0.15, 0.2) is 21.3 Å². The predicted molar refractivity (Wildman–Crippen MR) is 70.8 cm³/mol. The van der Waals surface area contributed by atoms with Gasteiger partial charge in [0.2, 0.25) is 0 Å². The fraction of sp³-hybridized carbons (Fsp3) is 0.455. The van der Waals surface area contributed by atoms with Crippen LogP contribution in [-0.2, 0) is 16.4 Å². The van der Waals surface area contributed by atoms with E-state index < -0.39 is 21.4 Å². The van der Waals surface area contributed by atoms with Crippen molar-refractivity contribution in [2.75, 3.05) is 25.7 Å². The highest BCUT2D eigenvalue weighted by atomic mass is 32.2. The van der Waals surface area contributed by atoms with E-state index in [1.807, 2.05) is 0 Å². The molecule has 0 radical (unpaired) electrons. The standard InChI is InChI=1S/C11H15NO7S/c1-18-10-5-8(7-13)9(12(14)15)6-11(10)19-3-4-20(2,16)17/h5-6,13H,3-4,7H2,1-2H3. The predicted octanol–water partition coefficient (Wildman–Crippen LogP) is 0.519. The van der Waals surface area contributed by atoms with Crippen molar-refractivity contribution in [1.82, 2.24) is 0 Å². The summed E-state index contributed by atoms with van der Waals surface area (Å²) in [6.45, 7) is -0.666. The first kappa shape index (κ1) is 16.2. The lowest BCUT2D eigenvalue weighted by molar-refractivity contribution is -0.385. The van der Waals surface area contributed by atoms with Crippen LogP contribution in [0.4, 0.5) is 5.69 Å². The van der Waals surface area contributed by atoms with Crippen molar-refractivity contribution in [2.24, 2.45) is 0 Å². The summed E-state index contributed by atoms with van der Waals surface area (Å²) in [6, 6.07) is 2.39. The maximum Gasteiger partial charge on any atom is 0.278 e. The number of methoxy groups -OCH3 is 1. The number of sulfone groups is 1. The second kappa shape index (κ2) is 6.53. The van der Waals surface area contributed by atoms with E-state index in [1.54, 1.807) is 0 Å². The minimum absolute atomic E-state index is 0.0556. The molecular formula is C11H15NO7S. The molecule has 0 saturated heterocycles. The highest BCUT2D eigenvalue weighted by Crippen LogP contribution is 2.34. The van der Waals surface area contributed by atoms with Gasteiger partial charge in [0.05, 0.1) is 36.0 Å². The molecule has 0 spiro atoms. The minimum atomic E-state index is -3.19. The first-order valence-corrected chi connectivity index (χ1v) is 7.61. The molecule has 0 aliphatic heterocycles. The zero-order valence-electron chi connectivity index (χ0n) is 11.0. The van der Waals surface area contributed by atoms with Crippen molar-refractivity contribution in [2.45, 2.75) is 6.61 Å². The molecule has 0 aliphatic carbocycles. The third-order valence-corrected chi connectivity index (χ3v) is 3.35. The maximum absolute atomic E-state index is 11.0. The SMILES string of the molecule is COc1cc(CO)c([N+](=O)[O-])cc1OCCS(C)(=O)=O. The Morgan fingerprint density at radius 1 is 1.35 bits per heavy atom. The van der Waals surface area contributed by atoms with Gasteiger partial charge in [-0.25, -0.2) is 8.42 Å². The van der Waals surface area contributed by atoms with Crippen molar-refractivity contribution in [3.05, 3.63) is 27.8 Å². The Morgan fingerprint density at radius 3 is 2.45 bits per heavy atom. The van der Waals surface area contributed by atoms with E-state index in [0.29, 0.717) is 0 Å². The zero-order valence-corrected chi connectivity index (χ0v) is 11.8. The summed E-state index contributed by atoms with van der Waals surface area (Å²) in [7, 11) is -1.85. The number of nitro groups is 1. The Labute approximate surface area is 116 Å². The largest absolute Gasteiger partial charge is 0.493 e. The molecule has 0 amide bonds. The fourth-order valence-electron chi connectivity index (χ4n) is 1.46. The molecular weight excluding hydrogens is 290 g/mol. The van der Waals surface area contributed by atoms with Gasteiger partial charge in [-0.15, -0.1) is 0 Å². The summed E-state index contributed by atoms with van der Waals surface area (Å²) in [5.74, 6) is 0.0271. The highest BCUT2D eigenvalue weighted by molar-refractivity contribution is 7.90. The molecule has 0 aliphatic rings. The number of ether oxygens (including phenoxy) is 2. The first-order chi connectivity index (χ1) is 9.28. The Bertz CT molecular complexity index is 597. The summed E-state index contributed by atoms with van der Waals surface area (Å²) in [4.78, 5) is 10.2. The van der Waals surface area contributed by atoms with Gasteiger partial charge in [0, 0.05) is 6.26 Å². The molecule has 0 fully saturated rings. The molecule has 0 aromatic heterocycles. The summed E-state index contributed by atoms with van der Waals surface area (Å²) in [5.41, 5.74) is -0.232. The number of aliphatic hydroxyl groups excluding tert-OH is 1. The average molecular weight is 305 g/mol. The average Bonchev–Trinajstić information content (AvgIpc) is 2.36. The number of nitro benzene ring substituents is 1. The summed E-state index contributed by atoms with van der Waals surface area (Å²) in [6.07, 6.45) is 1.06. The van der Waals surface area contributed by atoms with Crippen molar-refractivity contribution in [3.8, 4) is 11.5 Å². The molecule has 1 rings (SSSR count). The fourth-order valence-corrected chi connectivity index (χ4v) is 1.85. The molecule has 0 unspecified atom stereocenters. The number of hydrogen-bond acceptors (Lipinski definition) is 7. The van der Waals surface area contributed by atoms with E-state index in [0.717, 1.165) is 12.3 Å². The van der Waals surface area contributed by atoms with Gasteiger partial charge in [-0.1, -0.05) is 0 Å². The van der Waals surface area contributed by atoms with Crippen molar-refractivity contribution >= 4 is 15.5 Å². The molecule has 0 bridgehead atoms. The molecule has 112 valence electrons. The Balaban J connectivity index is 3.05. The third-order valence-electron chi connectivity index (χ3n) is 2.44. The van der Waals surface area contributed by atoms with Crippen LogP contribution in [-0.4, -0.2) is 44.2 Å². The van der Waals surface area contributed by atoms with Crippen LogP contribution in [0.5, 0.6) is 11.5 Å². The molecule has 1 aromatic carbocycles. The lowest BCUT2D eigenvalue weighted by Crippen LogP contribution is -2.12. The van der Waals surface area contributed by atoms with Gasteiger partial charge in [0.1, 0.15) is 6.61 Å². The van der Waals surface area contributed by atoms with Crippen LogP contribution in [0.3, 0.4) is 0 Å². The smallest absolute Gasteiger partial charge is 0.278 e. The summed E-state index contributed by atoms with van der Waals surface area (Å²) < 4.78 is 32.2. The van der Waals surface area contributed by atoms with E-state index in [2.05, 4.69) is 0 Å². The van der Waals surface area contributed by atoms with Crippen LogP contribution < -0.4 is 9.47 Å². The molecule has 9 heteroatoms. The zero-order chi connectivity index (χ0) is 15.3. The van der Waals surface area contributed by atoms with Crippen LogP contribution in [0.15, 0.2) is 12.1 Å². The number of hydrogen-bond donors (Lipinski definition) is 1. The highest BCUT2D eigenvalue weighted by Gasteiger charge is 2.19. The normalized spacial score (nSPS) is 11.2. The van der Waals surface area contributed by atoms with Crippen molar-refractivity contribution in [3.63, 3.8) is 0 Å². The Kier molecular flexibility index (Phi) is 5.28. The van der Waals surface area contributed by atoms with Crippen LogP contribution in [0, 0.1) is 10.1 Å². The number of rotatable bonds is 7. The van der Waals surface area contributed by atoms with E-state index in [9.17, 15) is 18.5 Å². The third kappa shape index (κ3) is 4.35. The van der Waals surface area contributed by atoms with Gasteiger partial charge in [-0.05, 0) is 6.07 Å². The van der Waals surface area contributed by atoms with E-state index in [-0.39, 0.29) is 35.1 Å². The van der Waals surface area contributed by atoms with Gasteiger partial charge in [-0.3, -0.25) is 10.1 Å². The molecule has 1 aromatic rings. The lowest BCUT2D eigenvalue weighted by Gasteiger charge is -2.11. The Morgan fingerprint density at radius 2 is 2.00 bits per heavy atom. The topological polar surface area (TPSA) is 116 Å². The minimum Gasteiger partial charge on any atom is -0.493 e. The number of benzene rings is 1. The van der Waals surface area contributed by atoms with Gasteiger partial charge >= 0.3 is 0 Å². The quantitative estimate of drug-likeness (QED) is 0.576. The summed E-state index contributed by atoms with van der Waals surface area (Å²) in [5, 5.41) is 19.9. The van der Waals surface area contributed by atoms with Gasteiger partial charge < -0.3 is 14.6 Å². The monoisotopic (exact) mass is 305 g/mol. The van der Waals surface area contributed by atoms with E-state index >= 15 is 0 Å². The van der Waals surface area contributed by atoms with Crippen molar-refractivity contribution in [1.29, 1.82) is 0 Å². The van der Waals surface area contributed by atoms with E-state index in [1.165, 1.54) is 13.2 Å². The van der Waals surface area contributed by atoms with Gasteiger partial charge in [-0.2, -0.15) is 0 Å². The molecule has 20 heavy (non-hydrogen) atoms. The van der Waals surface area contributed by atoms with Gasteiger partial charge in [0.25, 0.3) is 5.69 Å². The summed E-state index contributed by atoms with van der Waals surface area (Å²) >= 11 is 0. The molecule has 0 atom stereocenters. The lowest BCUT2D eigenvalue weighted by atomic mass is 10.1. The van der Waals surface area contributed by atoms with E-state index in [4.69, 9.17) is 14.6 Å². The van der Waals surface area contributed by atoms with Crippen LogP contribution in [0.1, 0.15) is 5.56 Å². The second-order valence-electron chi connectivity index (χ2n) is 4.03. The van der Waals surface area contributed by atoms with Crippen LogP contribution in [0.2, 0.25) is 0 Å². The Hall–Kier alpha value is -1.87. The number of aliphatic hydroxyl groups is 1. The molecule has 1 N–H and O–H groups in total. The van der Waals surface area contributed by atoms with Crippen LogP contribution >= 0.6 is 0 Å². The van der Waals surface area contributed by atoms with Crippen molar-refractivity contribution < 1.29 is 27.9 Å². The molecule has 0 saturated carbocycles. The second-order valence-corrected chi connectivity index (χ2v) is 6.29.